The zero-order chi connectivity index (χ0) is 11.1. The molecule has 0 atom stereocenters. The van der Waals surface area contributed by atoms with E-state index in [1.165, 1.54) is 7.05 Å². The maximum absolute atomic E-state index is 5.83. The largest absolute Gasteiger partial charge is 0.389 e. The molecule has 0 radical (unpaired) electrons. The van der Waals surface area contributed by atoms with Gasteiger partial charge in [0.15, 0.2) is 0 Å². The van der Waals surface area contributed by atoms with Crippen molar-refractivity contribution in [2.45, 2.75) is 26.7 Å². The van der Waals surface area contributed by atoms with Crippen molar-refractivity contribution in [3.63, 3.8) is 0 Å². The lowest BCUT2D eigenvalue weighted by atomic mass is 10.5. The Hall–Kier alpha value is -0.900. The Bertz CT molecular complexity index is 127. The summed E-state index contributed by atoms with van der Waals surface area (Å²) >= 11 is 0. The summed E-state index contributed by atoms with van der Waals surface area (Å²) in [6.45, 7) is 6.83. The highest BCUT2D eigenvalue weighted by Crippen LogP contribution is 1.79. The number of rotatable bonds is 7. The predicted molar refractivity (Wildman–Crippen MR) is 59.6 cm³/mol. The molecule has 0 amide bonds. The van der Waals surface area contributed by atoms with Crippen LogP contribution in [0.15, 0.2) is 17.4 Å². The van der Waals surface area contributed by atoms with E-state index in [9.17, 15) is 0 Å². The van der Waals surface area contributed by atoms with Crippen molar-refractivity contribution in [3.8, 4) is 0 Å². The summed E-state index contributed by atoms with van der Waals surface area (Å²) in [5.74, 6) is 0. The van der Waals surface area contributed by atoms with E-state index in [1.54, 1.807) is 0 Å². The first-order chi connectivity index (χ1) is 6.83. The van der Waals surface area contributed by atoms with Crippen molar-refractivity contribution < 1.29 is 4.74 Å². The van der Waals surface area contributed by atoms with Gasteiger partial charge >= 0.3 is 0 Å². The van der Waals surface area contributed by atoms with Gasteiger partial charge in [0.05, 0.1) is 6.61 Å². The second-order valence-corrected chi connectivity index (χ2v) is 2.60. The Morgan fingerprint density at radius 1 is 1.36 bits per heavy atom. The molecule has 0 saturated heterocycles. The van der Waals surface area contributed by atoms with E-state index in [4.69, 9.17) is 10.3 Å². The van der Waals surface area contributed by atoms with Crippen LogP contribution >= 0.6 is 0 Å². The minimum Gasteiger partial charge on any atom is -0.389 e. The fraction of sp³-hybridized carbons (Fsp3) is 0.800. The molecule has 0 aromatic heterocycles. The second-order valence-electron chi connectivity index (χ2n) is 2.60. The molecular formula is C10H23N3O. The fourth-order valence-corrected chi connectivity index (χ4v) is 0.662. The van der Waals surface area contributed by atoms with Crippen LogP contribution in [-0.4, -0.2) is 26.8 Å². The molecule has 0 aliphatic rings. The quantitative estimate of drug-likeness (QED) is 0.491. The topological polar surface area (TPSA) is 57.5 Å². The summed E-state index contributed by atoms with van der Waals surface area (Å²) < 4.78 is 5.27. The molecule has 0 heterocycles. The van der Waals surface area contributed by atoms with Gasteiger partial charge in [-0.1, -0.05) is 19.9 Å². The van der Waals surface area contributed by atoms with Crippen LogP contribution in [0.3, 0.4) is 0 Å². The lowest BCUT2D eigenvalue weighted by molar-refractivity contribution is 0.139. The van der Waals surface area contributed by atoms with E-state index in [-0.39, 0.29) is 0 Å². The van der Waals surface area contributed by atoms with Gasteiger partial charge in [-0.3, -0.25) is 0 Å². The van der Waals surface area contributed by atoms with Crippen LogP contribution < -0.4 is 5.32 Å². The van der Waals surface area contributed by atoms with Gasteiger partial charge in [0.2, 0.25) is 0 Å². The van der Waals surface area contributed by atoms with E-state index in [0.717, 1.165) is 32.6 Å². The third-order valence-electron chi connectivity index (χ3n) is 1.21. The molecule has 0 saturated carbocycles. The molecule has 4 heteroatoms. The highest BCUT2D eigenvalue weighted by Gasteiger charge is 1.82. The Kier molecular flexibility index (Phi) is 20.0. The molecule has 0 unspecified atom stereocenters. The minimum atomic E-state index is 0.807. The summed E-state index contributed by atoms with van der Waals surface area (Å²) in [5, 5.41) is 5.89. The van der Waals surface area contributed by atoms with Crippen LogP contribution in [0.25, 0.3) is 0 Å². The molecule has 0 aliphatic carbocycles. The first-order valence-corrected chi connectivity index (χ1v) is 5.05. The third-order valence-corrected chi connectivity index (χ3v) is 1.21. The molecule has 0 spiro atoms. The minimum absolute atomic E-state index is 0.807. The maximum atomic E-state index is 5.83. The highest BCUT2D eigenvalue weighted by atomic mass is 16.5. The molecule has 0 aliphatic heterocycles. The average Bonchev–Trinajstić information content (AvgIpc) is 2.18. The number of hydrogen-bond acceptors (Lipinski definition) is 4. The molecule has 14 heavy (non-hydrogen) atoms. The molecule has 84 valence electrons. The summed E-state index contributed by atoms with van der Waals surface area (Å²) in [4.78, 5) is 0. The SMILES string of the molecule is CC/C=C/NCCOCCC.CN=N. The van der Waals surface area contributed by atoms with Crippen molar-refractivity contribution in [1.29, 1.82) is 5.53 Å². The van der Waals surface area contributed by atoms with Gasteiger partial charge in [0, 0.05) is 20.2 Å². The van der Waals surface area contributed by atoms with E-state index >= 15 is 0 Å². The van der Waals surface area contributed by atoms with E-state index in [0.29, 0.717) is 0 Å². The van der Waals surface area contributed by atoms with Crippen LogP contribution in [0.1, 0.15) is 26.7 Å². The standard InChI is InChI=1S/C9H19NO.CH4N2/c1-3-5-6-10-7-9-11-8-4-2;1-3-2/h5-6,10H,3-4,7-9H2,1-2H3;2H,1H3/b6-5+;. The lowest BCUT2D eigenvalue weighted by Gasteiger charge is -2.01. The first-order valence-electron chi connectivity index (χ1n) is 5.05. The van der Waals surface area contributed by atoms with Crippen molar-refractivity contribution >= 4 is 0 Å². The summed E-state index contributed by atoms with van der Waals surface area (Å²) in [6.07, 6.45) is 6.27. The van der Waals surface area contributed by atoms with E-state index in [2.05, 4.69) is 30.4 Å². The Morgan fingerprint density at radius 3 is 2.50 bits per heavy atom. The van der Waals surface area contributed by atoms with Gasteiger partial charge < -0.3 is 10.1 Å². The van der Waals surface area contributed by atoms with Crippen molar-refractivity contribution in [2.24, 2.45) is 5.11 Å². The molecule has 0 fully saturated rings. The average molecular weight is 201 g/mol. The fourth-order valence-electron chi connectivity index (χ4n) is 0.662. The van der Waals surface area contributed by atoms with Crippen LogP contribution in [0.2, 0.25) is 0 Å². The van der Waals surface area contributed by atoms with Crippen LogP contribution in [-0.2, 0) is 4.74 Å². The smallest absolute Gasteiger partial charge is 0.0638 e. The zero-order valence-electron chi connectivity index (χ0n) is 9.55. The zero-order valence-corrected chi connectivity index (χ0v) is 9.55. The van der Waals surface area contributed by atoms with Crippen molar-refractivity contribution in [3.05, 3.63) is 12.3 Å². The normalized spacial score (nSPS) is 9.36. The van der Waals surface area contributed by atoms with Crippen molar-refractivity contribution in [1.82, 2.24) is 5.32 Å². The van der Waals surface area contributed by atoms with Gasteiger partial charge in [-0.05, 0) is 19.0 Å². The Labute approximate surface area is 87.2 Å². The number of allylic oxidation sites excluding steroid dienone is 1. The lowest BCUT2D eigenvalue weighted by Crippen LogP contribution is -2.13. The summed E-state index contributed by atoms with van der Waals surface area (Å²) in [6, 6.07) is 0. The second kappa shape index (κ2) is 18.0. The molecule has 2 N–H and O–H groups in total. The number of hydrogen-bond donors (Lipinski definition) is 2. The predicted octanol–water partition coefficient (Wildman–Crippen LogP) is 2.57. The Balaban J connectivity index is 0. The number of nitrogens with one attached hydrogen (secondary N) is 2. The number of nitrogens with zero attached hydrogens (tertiary/aromatic N) is 1. The maximum Gasteiger partial charge on any atom is 0.0638 e. The molecular weight excluding hydrogens is 178 g/mol. The van der Waals surface area contributed by atoms with Gasteiger partial charge in [0.1, 0.15) is 0 Å². The summed E-state index contributed by atoms with van der Waals surface area (Å²) in [5.41, 5.74) is 5.83. The van der Waals surface area contributed by atoms with Gasteiger partial charge in [-0.25, -0.2) is 10.6 Å². The van der Waals surface area contributed by atoms with Gasteiger partial charge in [-0.2, -0.15) is 0 Å². The number of ether oxygens (including phenoxy) is 1. The van der Waals surface area contributed by atoms with Gasteiger partial charge in [-0.15, -0.1) is 0 Å². The van der Waals surface area contributed by atoms with Crippen LogP contribution in [0, 0.1) is 5.53 Å². The Morgan fingerprint density at radius 2 is 2.00 bits per heavy atom. The first kappa shape index (κ1) is 15.6. The van der Waals surface area contributed by atoms with E-state index < -0.39 is 0 Å². The van der Waals surface area contributed by atoms with Crippen LogP contribution in [0.5, 0.6) is 0 Å². The monoisotopic (exact) mass is 201 g/mol. The van der Waals surface area contributed by atoms with Crippen molar-refractivity contribution in [2.75, 3.05) is 26.8 Å². The van der Waals surface area contributed by atoms with Gasteiger partial charge in [0.25, 0.3) is 0 Å². The van der Waals surface area contributed by atoms with Crippen LogP contribution in [0.4, 0.5) is 0 Å². The molecule has 4 nitrogen and oxygen atoms in total. The summed E-state index contributed by atoms with van der Waals surface area (Å²) in [7, 11) is 1.42. The molecule has 0 aromatic rings. The van der Waals surface area contributed by atoms with E-state index in [1.807, 2.05) is 6.20 Å². The molecule has 0 bridgehead atoms. The molecule has 0 aromatic carbocycles. The third kappa shape index (κ3) is 22.5. The highest BCUT2D eigenvalue weighted by molar-refractivity contribution is 4.76. The molecule has 0 rings (SSSR count).